The van der Waals surface area contributed by atoms with Crippen molar-refractivity contribution in [3.8, 4) is 0 Å². The van der Waals surface area contributed by atoms with Gasteiger partial charge in [-0.1, -0.05) is 20.8 Å². The summed E-state index contributed by atoms with van der Waals surface area (Å²) in [6, 6.07) is 0. The van der Waals surface area contributed by atoms with Gasteiger partial charge in [-0.2, -0.15) is 0 Å². The highest BCUT2D eigenvalue weighted by molar-refractivity contribution is 5.14. The zero-order chi connectivity index (χ0) is 7.75. The molecular weight excluding hydrogens is 136 g/mol. The van der Waals surface area contributed by atoms with Crippen molar-refractivity contribution in [1.82, 2.24) is 0 Å². The van der Waals surface area contributed by atoms with Gasteiger partial charge in [-0.25, -0.2) is 0 Å². The molecule has 0 spiro atoms. The van der Waals surface area contributed by atoms with E-state index in [1.54, 1.807) is 0 Å². The molecule has 3 rings (SSSR count). The van der Waals surface area contributed by atoms with E-state index in [0.717, 1.165) is 29.6 Å². The average Bonchev–Trinajstić information content (AvgIpc) is 2.72. The summed E-state index contributed by atoms with van der Waals surface area (Å²) in [6.45, 7) is 7.17. The summed E-state index contributed by atoms with van der Waals surface area (Å²) < 4.78 is 5.62. The van der Waals surface area contributed by atoms with Gasteiger partial charge in [0.25, 0.3) is 0 Å². The lowest BCUT2D eigenvalue weighted by Crippen LogP contribution is -2.46. The Kier molecular flexibility index (Phi) is 0.976. The molecule has 1 heteroatoms. The third-order valence-electron chi connectivity index (χ3n) is 4.55. The maximum Gasteiger partial charge on any atom is 0.0878 e. The van der Waals surface area contributed by atoms with Crippen LogP contribution in [0.15, 0.2) is 0 Å². The summed E-state index contributed by atoms with van der Waals surface area (Å²) >= 11 is 0. The fourth-order valence-corrected chi connectivity index (χ4v) is 3.69. The quantitative estimate of drug-likeness (QED) is 0.483. The van der Waals surface area contributed by atoms with E-state index in [-0.39, 0.29) is 0 Å². The first-order chi connectivity index (χ1) is 5.22. The van der Waals surface area contributed by atoms with Crippen LogP contribution >= 0.6 is 0 Å². The Hall–Kier alpha value is -0.0400. The molecule has 3 aliphatic rings. The number of hydrogen-bond donors (Lipinski definition) is 0. The van der Waals surface area contributed by atoms with Gasteiger partial charge in [0.1, 0.15) is 0 Å². The van der Waals surface area contributed by atoms with Crippen LogP contribution in [-0.2, 0) is 4.74 Å². The van der Waals surface area contributed by atoms with E-state index in [4.69, 9.17) is 4.74 Å². The molecular formula is C10H16O. The number of epoxide rings is 1. The van der Waals surface area contributed by atoms with Crippen molar-refractivity contribution in [3.05, 3.63) is 0 Å². The fourth-order valence-electron chi connectivity index (χ4n) is 3.69. The first-order valence-electron chi connectivity index (χ1n) is 4.87. The molecule has 7 atom stereocenters. The van der Waals surface area contributed by atoms with Gasteiger partial charge in [0.05, 0.1) is 12.2 Å². The second-order valence-electron chi connectivity index (χ2n) is 4.80. The molecule has 1 heterocycles. The molecule has 11 heavy (non-hydrogen) atoms. The second kappa shape index (κ2) is 1.66. The zero-order valence-corrected chi connectivity index (χ0v) is 7.45. The van der Waals surface area contributed by atoms with E-state index in [2.05, 4.69) is 20.8 Å². The van der Waals surface area contributed by atoms with Gasteiger partial charge < -0.3 is 4.74 Å². The van der Waals surface area contributed by atoms with Crippen molar-refractivity contribution in [1.29, 1.82) is 0 Å². The highest BCUT2D eigenvalue weighted by Gasteiger charge is 2.68. The summed E-state index contributed by atoms with van der Waals surface area (Å²) in [5, 5.41) is 0. The lowest BCUT2D eigenvalue weighted by Gasteiger charge is -2.48. The van der Waals surface area contributed by atoms with Gasteiger partial charge in [0, 0.05) is 0 Å². The molecule has 0 radical (unpaired) electrons. The molecule has 1 aliphatic heterocycles. The molecule has 2 unspecified atom stereocenters. The molecule has 0 aromatic carbocycles. The van der Waals surface area contributed by atoms with E-state index in [1.807, 2.05) is 0 Å². The van der Waals surface area contributed by atoms with Gasteiger partial charge in [0.2, 0.25) is 0 Å². The monoisotopic (exact) mass is 152 g/mol. The minimum atomic E-state index is 0.664. The first-order valence-corrected chi connectivity index (χ1v) is 4.87. The van der Waals surface area contributed by atoms with Gasteiger partial charge in [-0.3, -0.25) is 0 Å². The average molecular weight is 152 g/mol. The maximum absolute atomic E-state index is 5.62. The van der Waals surface area contributed by atoms with Crippen molar-refractivity contribution in [2.45, 2.75) is 33.0 Å². The van der Waals surface area contributed by atoms with Crippen LogP contribution in [0.2, 0.25) is 0 Å². The van der Waals surface area contributed by atoms with Crippen molar-refractivity contribution in [3.63, 3.8) is 0 Å². The Balaban J connectivity index is 1.89. The lowest BCUT2D eigenvalue weighted by atomic mass is 9.57. The molecule has 3 fully saturated rings. The molecule has 0 aromatic rings. The Bertz CT molecular complexity index is 190. The fraction of sp³-hybridized carbons (Fsp3) is 1.00. The maximum atomic E-state index is 5.62. The van der Waals surface area contributed by atoms with Crippen LogP contribution in [0.3, 0.4) is 0 Å². The normalized spacial score (nSPS) is 71.7. The van der Waals surface area contributed by atoms with E-state index in [0.29, 0.717) is 12.2 Å². The number of ether oxygens (including phenoxy) is 1. The van der Waals surface area contributed by atoms with Crippen LogP contribution in [0.1, 0.15) is 20.8 Å². The third-order valence-corrected chi connectivity index (χ3v) is 4.55. The van der Waals surface area contributed by atoms with Crippen molar-refractivity contribution < 1.29 is 4.74 Å². The van der Waals surface area contributed by atoms with Gasteiger partial charge in [0.15, 0.2) is 0 Å². The SMILES string of the molecule is C[C@@H]1C2[C@@H]([C@H](C)[C@@H]2C)[C@H]2OC12. The van der Waals surface area contributed by atoms with Crippen molar-refractivity contribution in [2.24, 2.45) is 29.6 Å². The van der Waals surface area contributed by atoms with E-state index in [1.165, 1.54) is 0 Å². The minimum Gasteiger partial charge on any atom is -0.369 e. The molecule has 0 aromatic heterocycles. The lowest BCUT2D eigenvalue weighted by molar-refractivity contribution is -0.0478. The highest BCUT2D eigenvalue weighted by Crippen LogP contribution is 2.64. The summed E-state index contributed by atoms with van der Waals surface area (Å²) in [4.78, 5) is 0. The summed E-state index contributed by atoms with van der Waals surface area (Å²) in [6.07, 6.45) is 1.35. The number of hydrogen-bond acceptors (Lipinski definition) is 1. The zero-order valence-electron chi connectivity index (χ0n) is 7.45. The van der Waals surface area contributed by atoms with E-state index in [9.17, 15) is 0 Å². The van der Waals surface area contributed by atoms with Crippen LogP contribution in [0.25, 0.3) is 0 Å². The van der Waals surface area contributed by atoms with Crippen molar-refractivity contribution >= 4 is 0 Å². The molecule has 0 bridgehead atoms. The third kappa shape index (κ3) is 0.547. The Morgan fingerprint density at radius 2 is 1.36 bits per heavy atom. The van der Waals surface area contributed by atoms with Crippen LogP contribution in [-0.4, -0.2) is 12.2 Å². The summed E-state index contributed by atoms with van der Waals surface area (Å²) in [5.74, 6) is 4.70. The Morgan fingerprint density at radius 3 is 2.00 bits per heavy atom. The minimum absolute atomic E-state index is 0.664. The molecule has 62 valence electrons. The van der Waals surface area contributed by atoms with Crippen LogP contribution in [0, 0.1) is 29.6 Å². The predicted molar refractivity (Wildman–Crippen MR) is 43.1 cm³/mol. The topological polar surface area (TPSA) is 12.5 Å². The smallest absolute Gasteiger partial charge is 0.0878 e. The predicted octanol–water partition coefficient (Wildman–Crippen LogP) is 1.92. The van der Waals surface area contributed by atoms with Crippen LogP contribution in [0.5, 0.6) is 0 Å². The molecule has 0 amide bonds. The van der Waals surface area contributed by atoms with Crippen molar-refractivity contribution in [2.75, 3.05) is 0 Å². The molecule has 2 saturated carbocycles. The molecule has 0 N–H and O–H groups in total. The standard InChI is InChI=1S/C10H16O/c1-4-5(2)8-7(4)6(3)9-10(8)11-9/h4-10H,1-3H3/t4-,5+,6+,7?,8+,9?,10+/m0/s1. The van der Waals surface area contributed by atoms with Crippen LogP contribution in [0.4, 0.5) is 0 Å². The van der Waals surface area contributed by atoms with E-state index < -0.39 is 0 Å². The highest BCUT2D eigenvalue weighted by atomic mass is 16.6. The summed E-state index contributed by atoms with van der Waals surface area (Å²) in [7, 11) is 0. The molecule has 2 aliphatic carbocycles. The second-order valence-corrected chi connectivity index (χ2v) is 4.80. The first kappa shape index (κ1) is 6.47. The van der Waals surface area contributed by atoms with E-state index >= 15 is 0 Å². The van der Waals surface area contributed by atoms with Gasteiger partial charge >= 0.3 is 0 Å². The molecule has 1 saturated heterocycles. The molecule has 1 nitrogen and oxygen atoms in total. The Morgan fingerprint density at radius 1 is 0.727 bits per heavy atom. The number of rotatable bonds is 0. The number of fused-ring (bicyclic) bond motifs is 3. The largest absolute Gasteiger partial charge is 0.369 e. The Labute approximate surface area is 68.1 Å². The van der Waals surface area contributed by atoms with Gasteiger partial charge in [-0.05, 0) is 29.6 Å². The van der Waals surface area contributed by atoms with Crippen LogP contribution < -0.4 is 0 Å². The summed E-state index contributed by atoms with van der Waals surface area (Å²) in [5.41, 5.74) is 0. The van der Waals surface area contributed by atoms with Gasteiger partial charge in [-0.15, -0.1) is 0 Å².